The molecule has 0 aliphatic carbocycles. The zero-order valence-corrected chi connectivity index (χ0v) is 19.6. The first-order valence-electron chi connectivity index (χ1n) is 11.3. The zero-order chi connectivity index (χ0) is 23.4. The van der Waals surface area contributed by atoms with Gasteiger partial charge < -0.3 is 20.3 Å². The number of nitrogens with one attached hydrogen (secondary N) is 2. The normalized spacial score (nSPS) is 30.7. The van der Waals surface area contributed by atoms with Gasteiger partial charge in [-0.05, 0) is 45.2 Å². The Morgan fingerprint density at radius 2 is 1.88 bits per heavy atom. The van der Waals surface area contributed by atoms with Crippen LogP contribution in [0.1, 0.15) is 40.2 Å². The number of fused-ring (bicyclic) bond motifs is 1. The van der Waals surface area contributed by atoms with E-state index in [4.69, 9.17) is 4.74 Å². The van der Waals surface area contributed by atoms with Crippen molar-refractivity contribution in [2.45, 2.75) is 64.8 Å². The van der Waals surface area contributed by atoms with Gasteiger partial charge in [0.25, 0.3) is 0 Å². The summed E-state index contributed by atoms with van der Waals surface area (Å²) in [5.41, 5.74) is 0.0709. The van der Waals surface area contributed by atoms with Crippen molar-refractivity contribution in [3.63, 3.8) is 0 Å². The van der Waals surface area contributed by atoms with Gasteiger partial charge in [-0.2, -0.15) is 0 Å². The van der Waals surface area contributed by atoms with E-state index in [0.717, 1.165) is 5.56 Å². The number of anilines is 1. The third-order valence-electron chi connectivity index (χ3n) is 6.39. The molecular weight excluding hydrogens is 406 g/mol. The second kappa shape index (κ2) is 7.73. The number of likely N-dealkylation sites (tertiary alicyclic amines) is 1. The van der Waals surface area contributed by atoms with E-state index in [9.17, 15) is 14.4 Å². The third-order valence-corrected chi connectivity index (χ3v) is 6.39. The lowest BCUT2D eigenvalue weighted by Gasteiger charge is -2.35. The molecule has 172 valence electrons. The summed E-state index contributed by atoms with van der Waals surface area (Å²) in [6.45, 7) is 12.1. The minimum Gasteiger partial charge on any atom is -0.359 e. The molecule has 4 rings (SSSR count). The Kier molecular flexibility index (Phi) is 5.44. The maximum absolute atomic E-state index is 13.7. The van der Waals surface area contributed by atoms with E-state index in [-0.39, 0.29) is 23.6 Å². The van der Waals surface area contributed by atoms with Crippen molar-refractivity contribution in [2.24, 2.45) is 17.8 Å². The number of benzene rings is 1. The molecule has 5 atom stereocenters. The van der Waals surface area contributed by atoms with Gasteiger partial charge in [0.15, 0.2) is 0 Å². The summed E-state index contributed by atoms with van der Waals surface area (Å²) < 4.78 is 6.32. The number of amides is 3. The van der Waals surface area contributed by atoms with Gasteiger partial charge in [-0.3, -0.25) is 14.4 Å². The average molecular weight is 440 g/mol. The van der Waals surface area contributed by atoms with Crippen LogP contribution < -0.4 is 10.6 Å². The van der Waals surface area contributed by atoms with Crippen molar-refractivity contribution in [3.8, 4) is 0 Å². The van der Waals surface area contributed by atoms with Gasteiger partial charge in [0.2, 0.25) is 17.7 Å². The fourth-order valence-corrected chi connectivity index (χ4v) is 5.22. The molecule has 32 heavy (non-hydrogen) atoms. The molecule has 0 saturated carbocycles. The number of hydrogen-bond donors (Lipinski definition) is 2. The van der Waals surface area contributed by atoms with Crippen LogP contribution in [0.3, 0.4) is 0 Å². The van der Waals surface area contributed by atoms with Crippen LogP contribution in [-0.2, 0) is 19.1 Å². The van der Waals surface area contributed by atoms with Crippen molar-refractivity contribution in [2.75, 3.05) is 11.9 Å². The molecule has 3 amide bonds. The summed E-state index contributed by atoms with van der Waals surface area (Å²) in [6, 6.07) is 6.73. The number of hydrogen-bond acceptors (Lipinski definition) is 4. The summed E-state index contributed by atoms with van der Waals surface area (Å²) in [6.07, 6.45) is 3.15. The highest BCUT2D eigenvalue weighted by Crippen LogP contribution is 2.55. The van der Waals surface area contributed by atoms with Gasteiger partial charge in [-0.25, -0.2) is 0 Å². The number of para-hydroxylation sites is 1. The van der Waals surface area contributed by atoms with Gasteiger partial charge in [-0.15, -0.1) is 0 Å². The molecule has 3 aliphatic rings. The van der Waals surface area contributed by atoms with E-state index in [1.807, 2.05) is 78.0 Å². The zero-order valence-electron chi connectivity index (χ0n) is 19.6. The van der Waals surface area contributed by atoms with Gasteiger partial charge >= 0.3 is 0 Å². The largest absolute Gasteiger partial charge is 0.359 e. The van der Waals surface area contributed by atoms with Crippen LogP contribution >= 0.6 is 0 Å². The van der Waals surface area contributed by atoms with Crippen molar-refractivity contribution >= 4 is 23.4 Å². The molecule has 1 aromatic rings. The molecular formula is C25H33N3O4. The molecule has 2 saturated heterocycles. The monoisotopic (exact) mass is 439 g/mol. The lowest BCUT2D eigenvalue weighted by molar-refractivity contribution is -0.142. The first-order valence-corrected chi connectivity index (χ1v) is 11.3. The standard InChI is InChI=1S/C25H33N3O4/c1-14(2)13-28-20(22(30)27-24(4,5)6)25-12-11-17(32-25)18(19(25)23(28)31)21(29)26-16-10-8-7-9-15(16)3/h7-12,14,17-20H,13H2,1-6H3,(H,26,29)(H,27,30)/t17-,18-,19-,20+,25-/m0/s1. The molecule has 1 aromatic carbocycles. The summed E-state index contributed by atoms with van der Waals surface area (Å²) in [5.74, 6) is -1.94. The van der Waals surface area contributed by atoms with Crippen LogP contribution in [0.5, 0.6) is 0 Å². The highest BCUT2D eigenvalue weighted by molar-refractivity contribution is 6.03. The van der Waals surface area contributed by atoms with Crippen LogP contribution in [0.4, 0.5) is 5.69 Å². The smallest absolute Gasteiger partial charge is 0.246 e. The van der Waals surface area contributed by atoms with E-state index < -0.39 is 35.1 Å². The van der Waals surface area contributed by atoms with E-state index in [0.29, 0.717) is 12.2 Å². The molecule has 2 fully saturated rings. The highest BCUT2D eigenvalue weighted by atomic mass is 16.5. The van der Waals surface area contributed by atoms with Gasteiger partial charge in [-0.1, -0.05) is 44.2 Å². The predicted molar refractivity (Wildman–Crippen MR) is 122 cm³/mol. The van der Waals surface area contributed by atoms with E-state index in [1.165, 1.54) is 0 Å². The number of rotatable bonds is 5. The fraction of sp³-hybridized carbons (Fsp3) is 0.560. The SMILES string of the molecule is Cc1ccccc1NC(=O)[C@H]1[C@@H]2C=C[C@]3(O2)[C@@H]1C(=O)N(CC(C)C)[C@@H]3C(=O)NC(C)(C)C. The quantitative estimate of drug-likeness (QED) is 0.691. The molecule has 7 heteroatoms. The Labute approximate surface area is 189 Å². The predicted octanol–water partition coefficient (Wildman–Crippen LogP) is 2.65. The maximum atomic E-state index is 13.7. The topological polar surface area (TPSA) is 87.7 Å². The molecule has 0 unspecified atom stereocenters. The Morgan fingerprint density at radius 1 is 1.19 bits per heavy atom. The van der Waals surface area contributed by atoms with Crippen molar-refractivity contribution in [1.29, 1.82) is 0 Å². The van der Waals surface area contributed by atoms with Crippen LogP contribution in [0.25, 0.3) is 0 Å². The first-order chi connectivity index (χ1) is 14.9. The van der Waals surface area contributed by atoms with Crippen molar-refractivity contribution in [3.05, 3.63) is 42.0 Å². The minimum absolute atomic E-state index is 0.166. The Balaban J connectivity index is 1.69. The van der Waals surface area contributed by atoms with Crippen LogP contribution in [-0.4, -0.2) is 52.5 Å². The molecule has 0 radical (unpaired) electrons. The lowest BCUT2D eigenvalue weighted by atomic mass is 9.74. The van der Waals surface area contributed by atoms with Crippen molar-refractivity contribution < 1.29 is 19.1 Å². The minimum atomic E-state index is -1.13. The lowest BCUT2D eigenvalue weighted by Crippen LogP contribution is -2.58. The highest BCUT2D eigenvalue weighted by Gasteiger charge is 2.72. The molecule has 2 N–H and O–H groups in total. The van der Waals surface area contributed by atoms with Gasteiger partial charge in [0.1, 0.15) is 11.6 Å². The van der Waals surface area contributed by atoms with Crippen LogP contribution in [0, 0.1) is 24.7 Å². The second-order valence-electron chi connectivity index (χ2n) is 10.6. The molecule has 7 nitrogen and oxygen atoms in total. The van der Waals surface area contributed by atoms with Gasteiger partial charge in [0.05, 0.1) is 17.9 Å². The Bertz CT molecular complexity index is 980. The van der Waals surface area contributed by atoms with E-state index in [2.05, 4.69) is 10.6 Å². The van der Waals surface area contributed by atoms with E-state index >= 15 is 0 Å². The molecule has 0 aromatic heterocycles. The van der Waals surface area contributed by atoms with Crippen molar-refractivity contribution in [1.82, 2.24) is 10.2 Å². The van der Waals surface area contributed by atoms with Gasteiger partial charge in [0, 0.05) is 17.8 Å². The number of nitrogens with zero attached hydrogens (tertiary/aromatic N) is 1. The molecule has 3 aliphatic heterocycles. The molecule has 1 spiro atoms. The summed E-state index contributed by atoms with van der Waals surface area (Å²) in [5, 5.41) is 6.00. The number of aryl methyl sites for hydroxylation is 1. The number of carbonyl (C=O) groups excluding carboxylic acids is 3. The second-order valence-corrected chi connectivity index (χ2v) is 10.6. The third kappa shape index (κ3) is 3.62. The number of carbonyl (C=O) groups is 3. The fourth-order valence-electron chi connectivity index (χ4n) is 5.22. The summed E-state index contributed by atoms with van der Waals surface area (Å²) >= 11 is 0. The van der Waals surface area contributed by atoms with Crippen LogP contribution in [0.2, 0.25) is 0 Å². The Morgan fingerprint density at radius 3 is 2.50 bits per heavy atom. The molecule has 2 bridgehead atoms. The summed E-state index contributed by atoms with van der Waals surface area (Å²) in [7, 11) is 0. The Hall–Kier alpha value is -2.67. The summed E-state index contributed by atoms with van der Waals surface area (Å²) in [4.78, 5) is 42.1. The average Bonchev–Trinajstić information content (AvgIpc) is 3.30. The van der Waals surface area contributed by atoms with E-state index in [1.54, 1.807) is 4.90 Å². The maximum Gasteiger partial charge on any atom is 0.246 e. The van der Waals surface area contributed by atoms with Crippen LogP contribution in [0.15, 0.2) is 36.4 Å². The first kappa shape index (κ1) is 22.5. The number of ether oxygens (including phenoxy) is 1. The molecule has 3 heterocycles.